The quantitative estimate of drug-likeness (QED) is 0.806. The minimum absolute atomic E-state index is 0.322. The molecule has 0 bridgehead atoms. The summed E-state index contributed by atoms with van der Waals surface area (Å²) in [6.07, 6.45) is 1.21. The Morgan fingerprint density at radius 3 is 2.81 bits per heavy atom. The summed E-state index contributed by atoms with van der Waals surface area (Å²) >= 11 is 0. The number of alkyl halides is 1. The van der Waals surface area contributed by atoms with Gasteiger partial charge in [0.1, 0.15) is 0 Å². The maximum Gasteiger partial charge on any atom is 0.306 e. The molecule has 0 aliphatic rings. The van der Waals surface area contributed by atoms with Gasteiger partial charge in [0.2, 0.25) is 0 Å². The van der Waals surface area contributed by atoms with Crippen molar-refractivity contribution < 1.29 is 14.3 Å². The van der Waals surface area contributed by atoms with Gasteiger partial charge in [0.05, 0.1) is 12.6 Å². The fourth-order valence-corrected chi connectivity index (χ4v) is 1.76. The first-order valence-electron chi connectivity index (χ1n) is 5.48. The Labute approximate surface area is 95.1 Å². The van der Waals surface area contributed by atoms with Crippen LogP contribution in [0.1, 0.15) is 24.0 Å². The Morgan fingerprint density at radius 2 is 2.25 bits per heavy atom. The van der Waals surface area contributed by atoms with Gasteiger partial charge < -0.3 is 5.11 Å². The van der Waals surface area contributed by atoms with E-state index in [-0.39, 0.29) is 0 Å². The summed E-state index contributed by atoms with van der Waals surface area (Å²) < 4.78 is 12.0. The van der Waals surface area contributed by atoms with Crippen molar-refractivity contribution in [2.24, 2.45) is 5.92 Å². The number of carboxylic acids is 1. The molecule has 1 N–H and O–H groups in total. The van der Waals surface area contributed by atoms with E-state index in [1.54, 1.807) is 0 Å². The summed E-state index contributed by atoms with van der Waals surface area (Å²) in [6.45, 7) is 1.53. The molecule has 0 fully saturated rings. The van der Waals surface area contributed by atoms with Gasteiger partial charge in [-0.05, 0) is 31.7 Å². The second kappa shape index (κ2) is 6.26. The minimum atomic E-state index is -0.838. The van der Waals surface area contributed by atoms with Gasteiger partial charge in [0, 0.05) is 0 Å². The average Bonchev–Trinajstić information content (AvgIpc) is 2.24. The molecule has 1 rings (SSSR count). The number of aryl methyl sites for hydroxylation is 1. The van der Waals surface area contributed by atoms with Crippen LogP contribution in [0.2, 0.25) is 0 Å². The van der Waals surface area contributed by atoms with Crippen molar-refractivity contribution in [2.75, 3.05) is 6.67 Å². The van der Waals surface area contributed by atoms with Gasteiger partial charge in [-0.25, -0.2) is 0 Å². The van der Waals surface area contributed by atoms with E-state index in [1.807, 2.05) is 31.2 Å². The SMILES string of the molecule is Cc1cccc(CC(CCCF)C(=O)O)c1. The summed E-state index contributed by atoms with van der Waals surface area (Å²) in [6, 6.07) is 7.78. The molecule has 0 heterocycles. The second-order valence-corrected chi connectivity index (χ2v) is 4.06. The Morgan fingerprint density at radius 1 is 1.50 bits per heavy atom. The average molecular weight is 224 g/mol. The highest BCUT2D eigenvalue weighted by Crippen LogP contribution is 2.15. The number of benzene rings is 1. The fourth-order valence-electron chi connectivity index (χ4n) is 1.76. The third-order valence-corrected chi connectivity index (χ3v) is 2.60. The van der Waals surface area contributed by atoms with E-state index in [4.69, 9.17) is 5.11 Å². The number of aliphatic carboxylic acids is 1. The number of carboxylic acid groups (broad SMARTS) is 1. The fraction of sp³-hybridized carbons (Fsp3) is 0.462. The Hall–Kier alpha value is -1.38. The first kappa shape index (κ1) is 12.7. The lowest BCUT2D eigenvalue weighted by Crippen LogP contribution is -2.16. The van der Waals surface area contributed by atoms with Gasteiger partial charge >= 0.3 is 5.97 Å². The van der Waals surface area contributed by atoms with Crippen molar-refractivity contribution in [1.82, 2.24) is 0 Å². The number of rotatable bonds is 6. The maximum absolute atomic E-state index is 12.0. The molecular weight excluding hydrogens is 207 g/mol. The van der Waals surface area contributed by atoms with Gasteiger partial charge in [-0.2, -0.15) is 0 Å². The molecule has 0 aromatic heterocycles. The lowest BCUT2D eigenvalue weighted by atomic mass is 9.94. The van der Waals surface area contributed by atoms with Crippen LogP contribution in [0.4, 0.5) is 4.39 Å². The Balaban J connectivity index is 2.64. The second-order valence-electron chi connectivity index (χ2n) is 4.06. The summed E-state index contributed by atoms with van der Waals surface area (Å²) in [7, 11) is 0. The lowest BCUT2D eigenvalue weighted by molar-refractivity contribution is -0.142. The van der Waals surface area contributed by atoms with Crippen LogP contribution in [0.15, 0.2) is 24.3 Å². The largest absolute Gasteiger partial charge is 0.481 e. The van der Waals surface area contributed by atoms with Crippen molar-refractivity contribution in [3.63, 3.8) is 0 Å². The van der Waals surface area contributed by atoms with E-state index in [1.165, 1.54) is 0 Å². The molecule has 1 aromatic rings. The Kier molecular flexibility index (Phi) is 4.96. The van der Waals surface area contributed by atoms with Crippen molar-refractivity contribution >= 4 is 5.97 Å². The standard InChI is InChI=1S/C13H17FO2/c1-10-4-2-5-11(8-10)9-12(13(15)16)6-3-7-14/h2,4-5,8,12H,3,6-7,9H2,1H3,(H,15,16). The number of carbonyl (C=O) groups is 1. The topological polar surface area (TPSA) is 37.3 Å². The lowest BCUT2D eigenvalue weighted by Gasteiger charge is -2.11. The van der Waals surface area contributed by atoms with Crippen LogP contribution in [0, 0.1) is 12.8 Å². The van der Waals surface area contributed by atoms with Crippen LogP contribution in [0.3, 0.4) is 0 Å². The van der Waals surface area contributed by atoms with Gasteiger partial charge in [0.25, 0.3) is 0 Å². The molecule has 3 heteroatoms. The Bertz CT molecular complexity index is 350. The molecule has 1 aromatic carbocycles. The van der Waals surface area contributed by atoms with E-state index in [0.29, 0.717) is 19.3 Å². The highest BCUT2D eigenvalue weighted by molar-refractivity contribution is 5.70. The highest BCUT2D eigenvalue weighted by atomic mass is 19.1. The van der Waals surface area contributed by atoms with E-state index in [2.05, 4.69) is 0 Å². The summed E-state index contributed by atoms with van der Waals surface area (Å²) in [5.74, 6) is -1.31. The normalized spacial score (nSPS) is 12.4. The molecule has 0 amide bonds. The smallest absolute Gasteiger partial charge is 0.306 e. The van der Waals surface area contributed by atoms with Crippen LogP contribution < -0.4 is 0 Å². The summed E-state index contributed by atoms with van der Waals surface area (Å²) in [5, 5.41) is 9.01. The van der Waals surface area contributed by atoms with Crippen molar-refractivity contribution in [1.29, 1.82) is 0 Å². The molecule has 0 radical (unpaired) electrons. The number of hydrogen-bond donors (Lipinski definition) is 1. The molecule has 0 saturated heterocycles. The minimum Gasteiger partial charge on any atom is -0.481 e. The van der Waals surface area contributed by atoms with Crippen LogP contribution >= 0.6 is 0 Å². The zero-order valence-electron chi connectivity index (χ0n) is 9.45. The van der Waals surface area contributed by atoms with Crippen LogP contribution in [-0.2, 0) is 11.2 Å². The molecule has 0 aliphatic heterocycles. The predicted octanol–water partition coefficient (Wildman–Crippen LogP) is 2.99. The van der Waals surface area contributed by atoms with Crippen molar-refractivity contribution in [3.8, 4) is 0 Å². The monoisotopic (exact) mass is 224 g/mol. The van der Waals surface area contributed by atoms with Crippen LogP contribution in [0.5, 0.6) is 0 Å². The molecule has 1 unspecified atom stereocenters. The van der Waals surface area contributed by atoms with E-state index in [9.17, 15) is 9.18 Å². The van der Waals surface area contributed by atoms with E-state index >= 15 is 0 Å². The van der Waals surface area contributed by atoms with E-state index < -0.39 is 18.6 Å². The first-order chi connectivity index (χ1) is 7.63. The number of halogens is 1. The third kappa shape index (κ3) is 4.01. The zero-order chi connectivity index (χ0) is 12.0. The predicted molar refractivity (Wildman–Crippen MR) is 61.2 cm³/mol. The molecule has 16 heavy (non-hydrogen) atoms. The molecule has 1 atom stereocenters. The summed E-state index contributed by atoms with van der Waals surface area (Å²) in [4.78, 5) is 11.0. The molecule has 88 valence electrons. The molecule has 0 saturated carbocycles. The van der Waals surface area contributed by atoms with Gasteiger partial charge in [-0.15, -0.1) is 0 Å². The van der Waals surface area contributed by atoms with Crippen LogP contribution in [0.25, 0.3) is 0 Å². The number of hydrogen-bond acceptors (Lipinski definition) is 1. The van der Waals surface area contributed by atoms with Crippen molar-refractivity contribution in [3.05, 3.63) is 35.4 Å². The molecule has 0 aliphatic carbocycles. The first-order valence-corrected chi connectivity index (χ1v) is 5.48. The van der Waals surface area contributed by atoms with Gasteiger partial charge in [-0.3, -0.25) is 9.18 Å². The molecule has 2 nitrogen and oxygen atoms in total. The van der Waals surface area contributed by atoms with Gasteiger partial charge in [0.15, 0.2) is 0 Å². The molecular formula is C13H17FO2. The van der Waals surface area contributed by atoms with Crippen LogP contribution in [-0.4, -0.2) is 17.8 Å². The third-order valence-electron chi connectivity index (χ3n) is 2.60. The van der Waals surface area contributed by atoms with Gasteiger partial charge in [-0.1, -0.05) is 29.8 Å². The zero-order valence-corrected chi connectivity index (χ0v) is 9.45. The van der Waals surface area contributed by atoms with Crippen molar-refractivity contribution in [2.45, 2.75) is 26.2 Å². The summed E-state index contributed by atoms with van der Waals surface area (Å²) in [5.41, 5.74) is 2.12. The maximum atomic E-state index is 12.0. The van der Waals surface area contributed by atoms with E-state index in [0.717, 1.165) is 11.1 Å². The molecule has 0 spiro atoms. The highest BCUT2D eigenvalue weighted by Gasteiger charge is 2.17.